The third-order valence-electron chi connectivity index (χ3n) is 7.17. The fourth-order valence-electron chi connectivity index (χ4n) is 5.98. The summed E-state index contributed by atoms with van der Waals surface area (Å²) in [5.74, 6) is 2.85. The third-order valence-corrected chi connectivity index (χ3v) is 7.17. The maximum Gasteiger partial charge on any atom is 0.221 e. The first kappa shape index (κ1) is 17.9. The summed E-state index contributed by atoms with van der Waals surface area (Å²) >= 11 is 0. The summed E-state index contributed by atoms with van der Waals surface area (Å²) in [5.41, 5.74) is 8.53. The lowest BCUT2D eigenvalue weighted by Crippen LogP contribution is -2.64. The fraction of sp³-hybridized carbons (Fsp3) is 0.565. The molecule has 0 amide bonds. The van der Waals surface area contributed by atoms with Gasteiger partial charge in [-0.05, 0) is 56.6 Å². The SMILES string of the molecule is Cc1cnc(N)nc1N1C[C@H]2C[C@@H](C1)[C@H](Cc1ccccc1)N1CCCC[C@@H]21. The van der Waals surface area contributed by atoms with Gasteiger partial charge in [-0.15, -0.1) is 0 Å². The van der Waals surface area contributed by atoms with Crippen molar-refractivity contribution in [2.75, 3.05) is 30.3 Å². The van der Waals surface area contributed by atoms with Gasteiger partial charge in [0.05, 0.1) is 0 Å². The number of anilines is 2. The van der Waals surface area contributed by atoms with Crippen molar-refractivity contribution in [2.24, 2.45) is 11.8 Å². The van der Waals surface area contributed by atoms with Crippen LogP contribution in [0.2, 0.25) is 0 Å². The number of hydrogen-bond donors (Lipinski definition) is 1. The van der Waals surface area contributed by atoms with E-state index in [4.69, 9.17) is 5.73 Å². The summed E-state index contributed by atoms with van der Waals surface area (Å²) in [6, 6.07) is 12.4. The van der Waals surface area contributed by atoms with E-state index in [0.29, 0.717) is 17.9 Å². The molecule has 1 aromatic heterocycles. The van der Waals surface area contributed by atoms with E-state index in [0.717, 1.165) is 42.9 Å². The first-order valence-electron chi connectivity index (χ1n) is 10.8. The van der Waals surface area contributed by atoms with Crippen LogP contribution in [0.25, 0.3) is 0 Å². The number of aromatic nitrogens is 2. The molecule has 0 aliphatic carbocycles. The molecule has 2 N–H and O–H groups in total. The molecule has 2 bridgehead atoms. The highest BCUT2D eigenvalue weighted by Crippen LogP contribution is 2.43. The summed E-state index contributed by atoms with van der Waals surface area (Å²) in [7, 11) is 0. The standard InChI is InChI=1S/C23H31N5/c1-16-13-25-23(24)26-22(16)27-14-18-12-19(15-27)21(11-17-7-3-2-4-8-17)28-10-6-5-9-20(18)28/h2-4,7-8,13,18-21H,5-6,9-12,14-15H2,1H3,(H2,24,25,26)/t18-,19+,20+,21+/m1/s1. The van der Waals surface area contributed by atoms with E-state index in [1.165, 1.54) is 37.8 Å². The van der Waals surface area contributed by atoms with Gasteiger partial charge in [-0.25, -0.2) is 4.98 Å². The lowest BCUT2D eigenvalue weighted by molar-refractivity contribution is -0.0318. The van der Waals surface area contributed by atoms with Crippen molar-refractivity contribution in [3.63, 3.8) is 0 Å². The van der Waals surface area contributed by atoms with Gasteiger partial charge in [-0.3, -0.25) is 4.90 Å². The molecule has 4 heterocycles. The summed E-state index contributed by atoms with van der Waals surface area (Å²) in [6.45, 7) is 5.56. The van der Waals surface area contributed by atoms with E-state index in [-0.39, 0.29) is 0 Å². The molecule has 28 heavy (non-hydrogen) atoms. The Morgan fingerprint density at radius 2 is 1.93 bits per heavy atom. The lowest BCUT2D eigenvalue weighted by Gasteiger charge is -2.57. The van der Waals surface area contributed by atoms with Crippen LogP contribution in [0.15, 0.2) is 36.5 Å². The Kier molecular flexibility index (Phi) is 4.71. The molecule has 3 aliphatic rings. The first-order chi connectivity index (χ1) is 13.7. The number of nitrogens with zero attached hydrogens (tertiary/aromatic N) is 4. The van der Waals surface area contributed by atoms with Crippen LogP contribution in [0, 0.1) is 18.8 Å². The number of fused-ring (bicyclic) bond motifs is 4. The summed E-state index contributed by atoms with van der Waals surface area (Å²) in [5, 5.41) is 0. The van der Waals surface area contributed by atoms with E-state index < -0.39 is 0 Å². The van der Waals surface area contributed by atoms with Crippen molar-refractivity contribution in [1.82, 2.24) is 14.9 Å². The average Bonchev–Trinajstić information content (AvgIpc) is 2.73. The lowest BCUT2D eigenvalue weighted by atomic mass is 9.71. The maximum atomic E-state index is 5.93. The molecular weight excluding hydrogens is 346 g/mol. The minimum absolute atomic E-state index is 0.386. The van der Waals surface area contributed by atoms with Crippen molar-refractivity contribution in [2.45, 2.75) is 51.1 Å². The Morgan fingerprint density at radius 1 is 1.11 bits per heavy atom. The Morgan fingerprint density at radius 3 is 2.79 bits per heavy atom. The van der Waals surface area contributed by atoms with Gasteiger partial charge in [-0.2, -0.15) is 4.98 Å². The number of nitrogens with two attached hydrogens (primary N) is 1. The number of nitrogen functional groups attached to an aromatic ring is 1. The highest BCUT2D eigenvalue weighted by Gasteiger charge is 2.47. The monoisotopic (exact) mass is 377 g/mol. The Labute approximate surface area is 168 Å². The van der Waals surface area contributed by atoms with Gasteiger partial charge >= 0.3 is 0 Å². The molecule has 148 valence electrons. The molecule has 3 aliphatic heterocycles. The van der Waals surface area contributed by atoms with E-state index in [2.05, 4.69) is 57.0 Å². The van der Waals surface area contributed by atoms with Crippen molar-refractivity contribution in [1.29, 1.82) is 0 Å². The van der Waals surface area contributed by atoms with Gasteiger partial charge in [0.25, 0.3) is 0 Å². The predicted molar refractivity (Wildman–Crippen MR) is 113 cm³/mol. The summed E-state index contributed by atoms with van der Waals surface area (Å²) in [6.07, 6.45) is 8.46. The zero-order valence-electron chi connectivity index (χ0n) is 16.8. The second-order valence-corrected chi connectivity index (χ2v) is 8.95. The predicted octanol–water partition coefficient (Wildman–Crippen LogP) is 3.29. The quantitative estimate of drug-likeness (QED) is 0.889. The van der Waals surface area contributed by atoms with Crippen LogP contribution in [0.1, 0.15) is 36.8 Å². The van der Waals surface area contributed by atoms with E-state index in [9.17, 15) is 0 Å². The average molecular weight is 378 g/mol. The molecule has 5 rings (SSSR count). The van der Waals surface area contributed by atoms with Gasteiger partial charge in [0, 0.05) is 36.9 Å². The number of piperidine rings is 3. The number of benzene rings is 1. The molecule has 4 atom stereocenters. The van der Waals surface area contributed by atoms with Crippen LogP contribution < -0.4 is 10.6 Å². The summed E-state index contributed by atoms with van der Waals surface area (Å²) in [4.78, 5) is 14.2. The summed E-state index contributed by atoms with van der Waals surface area (Å²) < 4.78 is 0. The first-order valence-corrected chi connectivity index (χ1v) is 10.8. The van der Waals surface area contributed by atoms with Crippen molar-refractivity contribution < 1.29 is 0 Å². The Hall–Kier alpha value is -2.14. The zero-order chi connectivity index (χ0) is 19.1. The second-order valence-electron chi connectivity index (χ2n) is 8.95. The molecule has 0 unspecified atom stereocenters. The highest BCUT2D eigenvalue weighted by molar-refractivity contribution is 5.49. The molecule has 0 saturated carbocycles. The van der Waals surface area contributed by atoms with E-state index >= 15 is 0 Å². The molecule has 3 saturated heterocycles. The largest absolute Gasteiger partial charge is 0.368 e. The van der Waals surface area contributed by atoms with Crippen molar-refractivity contribution in [3.05, 3.63) is 47.7 Å². The number of hydrogen-bond acceptors (Lipinski definition) is 5. The van der Waals surface area contributed by atoms with E-state index in [1.54, 1.807) is 0 Å². The molecule has 0 radical (unpaired) electrons. The second kappa shape index (κ2) is 7.36. The molecule has 3 fully saturated rings. The Balaban J connectivity index is 1.46. The zero-order valence-corrected chi connectivity index (χ0v) is 16.8. The minimum atomic E-state index is 0.386. The van der Waals surface area contributed by atoms with Gasteiger partial charge in [0.2, 0.25) is 5.95 Å². The van der Waals surface area contributed by atoms with Crippen molar-refractivity contribution >= 4 is 11.8 Å². The van der Waals surface area contributed by atoms with Gasteiger partial charge in [0.1, 0.15) is 5.82 Å². The van der Waals surface area contributed by atoms with Crippen molar-refractivity contribution in [3.8, 4) is 0 Å². The topological polar surface area (TPSA) is 58.3 Å². The molecule has 5 nitrogen and oxygen atoms in total. The molecular formula is C23H31N5. The minimum Gasteiger partial charge on any atom is -0.368 e. The van der Waals surface area contributed by atoms with Gasteiger partial charge < -0.3 is 10.6 Å². The molecule has 1 aromatic carbocycles. The maximum absolute atomic E-state index is 5.93. The van der Waals surface area contributed by atoms with Gasteiger partial charge in [0.15, 0.2) is 0 Å². The number of aryl methyl sites for hydroxylation is 1. The Bertz CT molecular complexity index is 823. The van der Waals surface area contributed by atoms with Gasteiger partial charge in [-0.1, -0.05) is 36.8 Å². The van der Waals surface area contributed by atoms with Crippen LogP contribution >= 0.6 is 0 Å². The molecule has 0 spiro atoms. The van der Waals surface area contributed by atoms with Crippen LogP contribution in [-0.4, -0.2) is 46.6 Å². The van der Waals surface area contributed by atoms with E-state index in [1.807, 2.05) is 6.20 Å². The number of rotatable bonds is 3. The van der Waals surface area contributed by atoms with Crippen LogP contribution in [0.3, 0.4) is 0 Å². The highest BCUT2D eigenvalue weighted by atomic mass is 15.3. The molecule has 5 heteroatoms. The fourth-order valence-corrected chi connectivity index (χ4v) is 5.98. The smallest absolute Gasteiger partial charge is 0.221 e. The molecule has 2 aromatic rings. The van der Waals surface area contributed by atoms with Crippen LogP contribution in [-0.2, 0) is 6.42 Å². The van der Waals surface area contributed by atoms with Crippen LogP contribution in [0.5, 0.6) is 0 Å². The third kappa shape index (κ3) is 3.26. The van der Waals surface area contributed by atoms with Crippen LogP contribution in [0.4, 0.5) is 11.8 Å². The normalized spacial score (nSPS) is 30.1.